The average molecular weight is 325 g/mol. The quantitative estimate of drug-likeness (QED) is 0.857. The van der Waals surface area contributed by atoms with Crippen molar-refractivity contribution in [1.29, 1.82) is 0 Å². The summed E-state index contributed by atoms with van der Waals surface area (Å²) in [5.74, 6) is 7.54. The SMILES string of the molecule is O=S(=O)(c1cccc(C#CCCO)c1)N1CCCSCC1. The third-order valence-corrected chi connectivity index (χ3v) is 6.07. The van der Waals surface area contributed by atoms with Crippen LogP contribution in [0.5, 0.6) is 0 Å². The Morgan fingerprint density at radius 2 is 2.14 bits per heavy atom. The van der Waals surface area contributed by atoms with Gasteiger partial charge in [0.2, 0.25) is 10.0 Å². The Bertz CT molecular complexity index is 624. The molecule has 114 valence electrons. The van der Waals surface area contributed by atoms with Crippen LogP contribution in [0.15, 0.2) is 29.2 Å². The summed E-state index contributed by atoms with van der Waals surface area (Å²) in [5, 5.41) is 8.72. The van der Waals surface area contributed by atoms with Crippen LogP contribution in [0.2, 0.25) is 0 Å². The molecule has 1 aliphatic rings. The molecule has 1 N–H and O–H groups in total. The van der Waals surface area contributed by atoms with Crippen molar-refractivity contribution in [2.75, 3.05) is 31.2 Å². The standard InChI is InChI=1S/C15H19NO3S2/c17-10-2-1-5-14-6-3-7-15(13-14)21(18,19)16-8-4-11-20-12-9-16/h3,6-7,13,17H,2,4,8-12H2. The van der Waals surface area contributed by atoms with E-state index in [1.165, 1.54) is 0 Å². The molecule has 0 aromatic heterocycles. The number of benzene rings is 1. The van der Waals surface area contributed by atoms with E-state index < -0.39 is 10.0 Å². The Kier molecular flexibility index (Phi) is 6.12. The smallest absolute Gasteiger partial charge is 0.243 e. The Balaban J connectivity index is 2.23. The molecule has 0 atom stereocenters. The van der Waals surface area contributed by atoms with Crippen LogP contribution in [0, 0.1) is 11.8 Å². The summed E-state index contributed by atoms with van der Waals surface area (Å²) in [6.45, 7) is 1.15. The first kappa shape index (κ1) is 16.4. The van der Waals surface area contributed by atoms with Gasteiger partial charge in [-0.3, -0.25) is 0 Å². The van der Waals surface area contributed by atoms with Gasteiger partial charge in [0.05, 0.1) is 11.5 Å². The van der Waals surface area contributed by atoms with Crippen LogP contribution >= 0.6 is 11.8 Å². The fraction of sp³-hybridized carbons (Fsp3) is 0.467. The first-order chi connectivity index (χ1) is 10.1. The fourth-order valence-electron chi connectivity index (χ4n) is 2.07. The first-order valence-electron chi connectivity index (χ1n) is 6.92. The van der Waals surface area contributed by atoms with E-state index in [4.69, 9.17) is 5.11 Å². The van der Waals surface area contributed by atoms with E-state index in [9.17, 15) is 8.42 Å². The van der Waals surface area contributed by atoms with Gasteiger partial charge in [0.1, 0.15) is 0 Å². The van der Waals surface area contributed by atoms with Crippen LogP contribution in [0.1, 0.15) is 18.4 Å². The van der Waals surface area contributed by atoms with Crippen LogP contribution < -0.4 is 0 Å². The van der Waals surface area contributed by atoms with E-state index in [1.54, 1.807) is 40.3 Å². The van der Waals surface area contributed by atoms with E-state index in [0.717, 1.165) is 17.9 Å². The van der Waals surface area contributed by atoms with Crippen molar-refractivity contribution in [2.24, 2.45) is 0 Å². The number of aliphatic hydroxyl groups is 1. The maximum absolute atomic E-state index is 12.7. The molecule has 0 radical (unpaired) electrons. The van der Waals surface area contributed by atoms with Gasteiger partial charge in [-0.2, -0.15) is 16.1 Å². The van der Waals surface area contributed by atoms with Crippen molar-refractivity contribution in [3.63, 3.8) is 0 Å². The predicted octanol–water partition coefficient (Wildman–Crippen LogP) is 1.55. The molecular weight excluding hydrogens is 306 g/mol. The van der Waals surface area contributed by atoms with E-state index >= 15 is 0 Å². The van der Waals surface area contributed by atoms with E-state index in [-0.39, 0.29) is 6.61 Å². The monoisotopic (exact) mass is 325 g/mol. The molecule has 21 heavy (non-hydrogen) atoms. The highest BCUT2D eigenvalue weighted by Crippen LogP contribution is 2.20. The zero-order valence-corrected chi connectivity index (χ0v) is 13.4. The lowest BCUT2D eigenvalue weighted by molar-refractivity contribution is 0.305. The molecular formula is C15H19NO3S2. The van der Waals surface area contributed by atoms with E-state index in [1.807, 2.05) is 0 Å². The highest BCUT2D eigenvalue weighted by atomic mass is 32.2. The summed E-state index contributed by atoms with van der Waals surface area (Å²) in [4.78, 5) is 0.296. The number of hydrogen-bond acceptors (Lipinski definition) is 4. The molecule has 1 fully saturated rings. The summed E-state index contributed by atoms with van der Waals surface area (Å²) in [5.41, 5.74) is 0.661. The van der Waals surface area contributed by atoms with Crippen LogP contribution in [-0.2, 0) is 10.0 Å². The van der Waals surface area contributed by atoms with E-state index in [0.29, 0.717) is 30.0 Å². The largest absolute Gasteiger partial charge is 0.395 e. The Morgan fingerprint density at radius 3 is 2.95 bits per heavy atom. The fourth-order valence-corrected chi connectivity index (χ4v) is 4.60. The molecule has 6 heteroatoms. The summed E-state index contributed by atoms with van der Waals surface area (Å²) in [7, 11) is -3.44. The van der Waals surface area contributed by atoms with Gasteiger partial charge in [0, 0.05) is 30.8 Å². The van der Waals surface area contributed by atoms with Gasteiger partial charge in [0.15, 0.2) is 0 Å². The van der Waals surface area contributed by atoms with Crippen molar-refractivity contribution in [1.82, 2.24) is 4.31 Å². The lowest BCUT2D eigenvalue weighted by Gasteiger charge is -2.19. The van der Waals surface area contributed by atoms with E-state index in [2.05, 4.69) is 11.8 Å². The minimum Gasteiger partial charge on any atom is -0.395 e. The number of thioether (sulfide) groups is 1. The molecule has 1 aromatic carbocycles. The maximum Gasteiger partial charge on any atom is 0.243 e. The first-order valence-corrected chi connectivity index (χ1v) is 9.52. The second-order valence-electron chi connectivity index (χ2n) is 4.67. The van der Waals surface area contributed by atoms with Gasteiger partial charge in [0.25, 0.3) is 0 Å². The topological polar surface area (TPSA) is 57.6 Å². The zero-order valence-electron chi connectivity index (χ0n) is 11.8. The molecule has 0 bridgehead atoms. The molecule has 0 unspecified atom stereocenters. The third kappa shape index (κ3) is 4.48. The van der Waals surface area contributed by atoms with Gasteiger partial charge < -0.3 is 5.11 Å². The van der Waals surface area contributed by atoms with Crippen LogP contribution in [0.25, 0.3) is 0 Å². The zero-order chi connectivity index (χ0) is 15.1. The number of nitrogens with zero attached hydrogens (tertiary/aromatic N) is 1. The second-order valence-corrected chi connectivity index (χ2v) is 7.84. The third-order valence-electron chi connectivity index (χ3n) is 3.12. The normalized spacial score (nSPS) is 16.8. The number of hydrogen-bond donors (Lipinski definition) is 1. The average Bonchev–Trinajstić information content (AvgIpc) is 2.77. The Labute approximate surface area is 130 Å². The highest BCUT2D eigenvalue weighted by molar-refractivity contribution is 7.99. The van der Waals surface area contributed by atoms with Crippen LogP contribution in [0.4, 0.5) is 0 Å². The van der Waals surface area contributed by atoms with Crippen molar-refractivity contribution >= 4 is 21.8 Å². The molecule has 1 aliphatic heterocycles. The molecule has 2 rings (SSSR count). The minimum atomic E-state index is -3.44. The summed E-state index contributed by atoms with van der Waals surface area (Å²) < 4.78 is 26.9. The van der Waals surface area contributed by atoms with Crippen LogP contribution in [0.3, 0.4) is 0 Å². The van der Waals surface area contributed by atoms with Crippen molar-refractivity contribution in [3.8, 4) is 11.8 Å². The van der Waals surface area contributed by atoms with Crippen LogP contribution in [-0.4, -0.2) is 49.0 Å². The van der Waals surface area contributed by atoms with Gasteiger partial charge >= 0.3 is 0 Å². The van der Waals surface area contributed by atoms with Gasteiger partial charge in [-0.15, -0.1) is 0 Å². The molecule has 0 amide bonds. The molecule has 0 saturated carbocycles. The lowest BCUT2D eigenvalue weighted by atomic mass is 10.2. The molecule has 1 heterocycles. The lowest BCUT2D eigenvalue weighted by Crippen LogP contribution is -2.33. The Hall–Kier alpha value is -1.00. The number of sulfonamides is 1. The van der Waals surface area contributed by atoms with Gasteiger partial charge in [-0.25, -0.2) is 8.42 Å². The van der Waals surface area contributed by atoms with Crippen molar-refractivity contribution in [3.05, 3.63) is 29.8 Å². The van der Waals surface area contributed by atoms with Crippen molar-refractivity contribution < 1.29 is 13.5 Å². The highest BCUT2D eigenvalue weighted by Gasteiger charge is 2.25. The minimum absolute atomic E-state index is 0.0104. The maximum atomic E-state index is 12.7. The number of aliphatic hydroxyl groups excluding tert-OH is 1. The second kappa shape index (κ2) is 7.85. The molecule has 1 saturated heterocycles. The molecule has 1 aromatic rings. The summed E-state index contributed by atoms with van der Waals surface area (Å²) in [6.07, 6.45) is 1.28. The molecule has 4 nitrogen and oxygen atoms in total. The Morgan fingerprint density at radius 1 is 1.29 bits per heavy atom. The predicted molar refractivity (Wildman–Crippen MR) is 85.7 cm³/mol. The van der Waals surface area contributed by atoms with Crippen molar-refractivity contribution in [2.45, 2.75) is 17.7 Å². The van der Waals surface area contributed by atoms with Gasteiger partial charge in [-0.05, 0) is 30.4 Å². The number of rotatable bonds is 3. The van der Waals surface area contributed by atoms with Gasteiger partial charge in [-0.1, -0.05) is 17.9 Å². The molecule has 0 aliphatic carbocycles. The summed E-state index contributed by atoms with van der Waals surface area (Å²) in [6, 6.07) is 6.71. The molecule has 0 spiro atoms. The summed E-state index contributed by atoms with van der Waals surface area (Å²) >= 11 is 1.80.